The minimum atomic E-state index is -0.287. The first-order chi connectivity index (χ1) is 9.57. The van der Waals surface area contributed by atoms with Gasteiger partial charge in [0.1, 0.15) is 5.54 Å². The molecule has 0 spiro atoms. The van der Waals surface area contributed by atoms with Crippen molar-refractivity contribution in [3.8, 4) is 6.07 Å². The highest BCUT2D eigenvalue weighted by atomic mass is 16.5. The Bertz CT molecular complexity index is 313. The predicted octanol–water partition coefficient (Wildman–Crippen LogP) is 2.26. The molecule has 20 heavy (non-hydrogen) atoms. The summed E-state index contributed by atoms with van der Waals surface area (Å²) in [7, 11) is 3.69. The van der Waals surface area contributed by atoms with E-state index in [0.29, 0.717) is 11.8 Å². The van der Waals surface area contributed by atoms with Crippen LogP contribution in [0.15, 0.2) is 0 Å². The molecule has 0 aromatic heterocycles. The Labute approximate surface area is 124 Å². The summed E-state index contributed by atoms with van der Waals surface area (Å²) in [5, 5.41) is 12.8. The normalized spacial score (nSPS) is 26.4. The summed E-state index contributed by atoms with van der Waals surface area (Å²) < 4.78 is 5.20. The average molecular weight is 281 g/mol. The molecule has 0 radical (unpaired) electrons. The Morgan fingerprint density at radius 1 is 1.45 bits per heavy atom. The van der Waals surface area contributed by atoms with Gasteiger partial charge in [-0.25, -0.2) is 0 Å². The van der Waals surface area contributed by atoms with Crippen molar-refractivity contribution in [3.63, 3.8) is 0 Å². The standard InChI is InChI=1S/C16H31N3O/c1-14(2)12-19(10-11-20-4)9-7-15-6-5-8-16(15,13-17)18-3/h14-15,18H,5-12H2,1-4H3. The van der Waals surface area contributed by atoms with E-state index in [-0.39, 0.29) is 5.54 Å². The van der Waals surface area contributed by atoms with E-state index in [2.05, 4.69) is 30.1 Å². The van der Waals surface area contributed by atoms with Crippen molar-refractivity contribution in [1.82, 2.24) is 10.2 Å². The highest BCUT2D eigenvalue weighted by Crippen LogP contribution is 2.37. The van der Waals surface area contributed by atoms with E-state index >= 15 is 0 Å². The summed E-state index contributed by atoms with van der Waals surface area (Å²) in [5.41, 5.74) is -0.287. The Morgan fingerprint density at radius 3 is 2.75 bits per heavy atom. The van der Waals surface area contributed by atoms with Crippen LogP contribution < -0.4 is 5.32 Å². The van der Waals surface area contributed by atoms with Gasteiger partial charge in [0.2, 0.25) is 0 Å². The zero-order chi connectivity index (χ0) is 15.0. The van der Waals surface area contributed by atoms with E-state index in [4.69, 9.17) is 4.74 Å². The maximum atomic E-state index is 9.49. The molecule has 4 heteroatoms. The second-order valence-corrected chi connectivity index (χ2v) is 6.40. The lowest BCUT2D eigenvalue weighted by Crippen LogP contribution is -2.46. The van der Waals surface area contributed by atoms with Gasteiger partial charge in [-0.15, -0.1) is 0 Å². The van der Waals surface area contributed by atoms with Gasteiger partial charge in [-0.1, -0.05) is 20.3 Å². The molecule has 1 saturated carbocycles. The van der Waals surface area contributed by atoms with Gasteiger partial charge in [0.25, 0.3) is 0 Å². The number of nitriles is 1. The molecule has 2 unspecified atom stereocenters. The number of methoxy groups -OCH3 is 1. The number of hydrogen-bond donors (Lipinski definition) is 1. The second kappa shape index (κ2) is 8.61. The van der Waals surface area contributed by atoms with E-state index in [1.54, 1.807) is 7.11 Å². The van der Waals surface area contributed by atoms with Crippen molar-refractivity contribution < 1.29 is 4.74 Å². The van der Waals surface area contributed by atoms with Crippen LogP contribution in [0.1, 0.15) is 39.5 Å². The van der Waals surface area contributed by atoms with Crippen LogP contribution in [0.25, 0.3) is 0 Å². The Kier molecular flexibility index (Phi) is 7.50. The van der Waals surface area contributed by atoms with Crippen LogP contribution in [0.3, 0.4) is 0 Å². The van der Waals surface area contributed by atoms with Crippen LogP contribution in [0.2, 0.25) is 0 Å². The molecule has 0 heterocycles. The molecule has 0 saturated heterocycles. The van der Waals surface area contributed by atoms with Crippen LogP contribution in [-0.2, 0) is 4.74 Å². The van der Waals surface area contributed by atoms with Crippen molar-refractivity contribution in [2.24, 2.45) is 11.8 Å². The summed E-state index contributed by atoms with van der Waals surface area (Å²) in [6, 6.07) is 2.53. The molecule has 0 aromatic carbocycles. The molecule has 0 amide bonds. The van der Waals surface area contributed by atoms with Gasteiger partial charge in [0, 0.05) is 20.2 Å². The fourth-order valence-corrected chi connectivity index (χ4v) is 3.37. The van der Waals surface area contributed by atoms with Gasteiger partial charge in [-0.3, -0.25) is 0 Å². The Balaban J connectivity index is 2.51. The number of nitrogens with zero attached hydrogens (tertiary/aromatic N) is 2. The number of ether oxygens (including phenoxy) is 1. The van der Waals surface area contributed by atoms with Gasteiger partial charge in [-0.2, -0.15) is 5.26 Å². The lowest BCUT2D eigenvalue weighted by Gasteiger charge is -2.31. The van der Waals surface area contributed by atoms with Crippen molar-refractivity contribution in [1.29, 1.82) is 5.26 Å². The third-order valence-electron chi connectivity index (χ3n) is 4.50. The third-order valence-corrected chi connectivity index (χ3v) is 4.50. The Hall–Kier alpha value is -0.630. The minimum Gasteiger partial charge on any atom is -0.383 e. The van der Waals surface area contributed by atoms with E-state index in [1.807, 2.05) is 7.05 Å². The van der Waals surface area contributed by atoms with E-state index in [1.165, 1.54) is 12.8 Å². The molecule has 0 aliphatic heterocycles. The first-order valence-electron chi connectivity index (χ1n) is 7.89. The van der Waals surface area contributed by atoms with Crippen LogP contribution in [0.4, 0.5) is 0 Å². The zero-order valence-corrected chi connectivity index (χ0v) is 13.6. The topological polar surface area (TPSA) is 48.3 Å². The maximum absolute atomic E-state index is 9.49. The summed E-state index contributed by atoms with van der Waals surface area (Å²) in [4.78, 5) is 2.48. The number of rotatable bonds is 9. The Morgan fingerprint density at radius 2 is 2.20 bits per heavy atom. The van der Waals surface area contributed by atoms with Crippen LogP contribution in [0.5, 0.6) is 0 Å². The molecule has 0 bridgehead atoms. The van der Waals surface area contributed by atoms with Crippen LogP contribution >= 0.6 is 0 Å². The third kappa shape index (κ3) is 4.73. The van der Waals surface area contributed by atoms with Crippen molar-refractivity contribution in [3.05, 3.63) is 0 Å². The van der Waals surface area contributed by atoms with Gasteiger partial charge in [-0.05, 0) is 44.7 Å². The summed E-state index contributed by atoms with van der Waals surface area (Å²) in [6.07, 6.45) is 4.44. The van der Waals surface area contributed by atoms with Gasteiger partial charge in [0.05, 0.1) is 12.7 Å². The fraction of sp³-hybridized carbons (Fsp3) is 0.938. The second-order valence-electron chi connectivity index (χ2n) is 6.40. The van der Waals surface area contributed by atoms with E-state index < -0.39 is 0 Å². The predicted molar refractivity (Wildman–Crippen MR) is 82.5 cm³/mol. The van der Waals surface area contributed by atoms with E-state index in [9.17, 15) is 5.26 Å². The molecule has 1 aliphatic rings. The van der Waals surface area contributed by atoms with Crippen molar-refractivity contribution in [2.75, 3.05) is 40.4 Å². The minimum absolute atomic E-state index is 0.287. The van der Waals surface area contributed by atoms with Gasteiger partial charge in [0.15, 0.2) is 0 Å². The summed E-state index contributed by atoms with van der Waals surface area (Å²) >= 11 is 0. The van der Waals surface area contributed by atoms with Crippen molar-refractivity contribution >= 4 is 0 Å². The molecule has 1 rings (SSSR count). The molecule has 1 N–H and O–H groups in total. The molecule has 116 valence electrons. The largest absolute Gasteiger partial charge is 0.383 e. The fourth-order valence-electron chi connectivity index (χ4n) is 3.37. The smallest absolute Gasteiger partial charge is 0.109 e. The SMILES string of the molecule is CNC1(C#N)CCCC1CCN(CCOC)CC(C)C. The molecule has 1 fully saturated rings. The molecular weight excluding hydrogens is 250 g/mol. The maximum Gasteiger partial charge on any atom is 0.109 e. The van der Waals surface area contributed by atoms with Gasteiger partial charge >= 0.3 is 0 Å². The number of nitrogens with one attached hydrogen (secondary N) is 1. The lowest BCUT2D eigenvalue weighted by molar-refractivity contribution is 0.132. The molecule has 0 aromatic rings. The molecular formula is C16H31N3O. The molecule has 2 atom stereocenters. The lowest BCUT2D eigenvalue weighted by atomic mass is 9.86. The van der Waals surface area contributed by atoms with Crippen LogP contribution in [-0.4, -0.2) is 50.8 Å². The first-order valence-corrected chi connectivity index (χ1v) is 7.89. The molecule has 4 nitrogen and oxygen atoms in total. The molecule has 1 aliphatic carbocycles. The highest BCUT2D eigenvalue weighted by molar-refractivity contribution is 5.13. The summed E-state index contributed by atoms with van der Waals surface area (Å²) in [5.74, 6) is 1.15. The van der Waals surface area contributed by atoms with Crippen molar-refractivity contribution in [2.45, 2.75) is 45.1 Å². The average Bonchev–Trinajstić information content (AvgIpc) is 2.84. The summed E-state index contributed by atoms with van der Waals surface area (Å²) in [6.45, 7) is 8.45. The van der Waals surface area contributed by atoms with Gasteiger partial charge < -0.3 is 15.0 Å². The highest BCUT2D eigenvalue weighted by Gasteiger charge is 2.41. The monoisotopic (exact) mass is 281 g/mol. The number of hydrogen-bond acceptors (Lipinski definition) is 4. The zero-order valence-electron chi connectivity index (χ0n) is 13.6. The van der Waals surface area contributed by atoms with Crippen LogP contribution in [0, 0.1) is 23.2 Å². The van der Waals surface area contributed by atoms with E-state index in [0.717, 1.165) is 39.1 Å². The first kappa shape index (κ1) is 17.4. The quantitative estimate of drug-likeness (QED) is 0.704.